The van der Waals surface area contributed by atoms with Crippen LogP contribution in [0, 0.1) is 0 Å². The zero-order chi connectivity index (χ0) is 18.5. The molecule has 0 aliphatic heterocycles. The Hall–Kier alpha value is -2.54. The summed E-state index contributed by atoms with van der Waals surface area (Å²) in [6.45, 7) is 6.32. The van der Waals surface area contributed by atoms with Gasteiger partial charge in [-0.25, -0.2) is 0 Å². The van der Waals surface area contributed by atoms with E-state index in [-0.39, 0.29) is 0 Å². The summed E-state index contributed by atoms with van der Waals surface area (Å²) in [5, 5.41) is 10.7. The van der Waals surface area contributed by atoms with Gasteiger partial charge in [-0.2, -0.15) is 5.10 Å². The number of hydrogen-bond donors (Lipinski definition) is 2. The van der Waals surface area contributed by atoms with Crippen molar-refractivity contribution in [2.45, 2.75) is 26.5 Å². The van der Waals surface area contributed by atoms with Gasteiger partial charge in [-0.05, 0) is 25.5 Å². The molecule has 7 heteroatoms. The predicted octanol–water partition coefficient (Wildman–Crippen LogP) is 2.05. The summed E-state index contributed by atoms with van der Waals surface area (Å²) in [7, 11) is 1.67. The van der Waals surface area contributed by atoms with Crippen molar-refractivity contribution in [1.82, 2.24) is 20.4 Å². The summed E-state index contributed by atoms with van der Waals surface area (Å²) >= 11 is 0. The van der Waals surface area contributed by atoms with Crippen molar-refractivity contribution in [3.05, 3.63) is 48.3 Å². The van der Waals surface area contributed by atoms with Gasteiger partial charge in [0.2, 0.25) is 0 Å². The third-order valence-corrected chi connectivity index (χ3v) is 3.71. The molecule has 0 bridgehead atoms. The number of methoxy groups -OCH3 is 1. The lowest BCUT2D eigenvalue weighted by atomic mass is 10.2. The van der Waals surface area contributed by atoms with Crippen LogP contribution in [0.15, 0.2) is 47.7 Å². The average molecular weight is 359 g/mol. The fraction of sp³-hybridized carbons (Fsp3) is 0.474. The van der Waals surface area contributed by atoms with Crippen LogP contribution in [0.25, 0.3) is 0 Å². The van der Waals surface area contributed by atoms with Crippen molar-refractivity contribution in [3.63, 3.8) is 0 Å². The number of para-hydroxylation sites is 1. The van der Waals surface area contributed by atoms with Crippen molar-refractivity contribution >= 4 is 5.96 Å². The van der Waals surface area contributed by atoms with Crippen LogP contribution in [-0.2, 0) is 17.9 Å². The molecule has 1 aromatic heterocycles. The molecule has 0 radical (unpaired) electrons. The lowest BCUT2D eigenvalue weighted by Gasteiger charge is -2.12. The molecule has 142 valence electrons. The van der Waals surface area contributed by atoms with E-state index in [0.717, 1.165) is 43.3 Å². The highest BCUT2D eigenvalue weighted by atomic mass is 16.5. The first-order valence-corrected chi connectivity index (χ1v) is 9.02. The van der Waals surface area contributed by atoms with Gasteiger partial charge in [0.05, 0.1) is 20.3 Å². The SMILES string of the molecule is CCNC(=NCCCn1cccn1)NCCOCc1ccccc1OC. The summed E-state index contributed by atoms with van der Waals surface area (Å²) < 4.78 is 13.0. The summed E-state index contributed by atoms with van der Waals surface area (Å²) in [5.74, 6) is 1.67. The molecule has 0 aliphatic carbocycles. The van der Waals surface area contributed by atoms with E-state index in [1.54, 1.807) is 13.3 Å². The third-order valence-electron chi connectivity index (χ3n) is 3.71. The molecular formula is C19H29N5O2. The predicted molar refractivity (Wildman–Crippen MR) is 103 cm³/mol. The van der Waals surface area contributed by atoms with Crippen molar-refractivity contribution < 1.29 is 9.47 Å². The topological polar surface area (TPSA) is 72.7 Å². The molecule has 2 N–H and O–H groups in total. The molecule has 0 saturated carbocycles. The quantitative estimate of drug-likeness (QED) is 0.365. The number of aliphatic imine (C=N–C) groups is 1. The van der Waals surface area contributed by atoms with E-state index in [9.17, 15) is 0 Å². The summed E-state index contributed by atoms with van der Waals surface area (Å²) in [4.78, 5) is 4.57. The molecule has 26 heavy (non-hydrogen) atoms. The van der Waals surface area contributed by atoms with Gasteiger partial charge < -0.3 is 20.1 Å². The van der Waals surface area contributed by atoms with Gasteiger partial charge in [-0.15, -0.1) is 0 Å². The maximum absolute atomic E-state index is 5.73. The Bertz CT molecular complexity index is 643. The standard InChI is InChI=1S/C19H29N5O2/c1-3-20-19(21-10-6-13-24-14-7-11-23-24)22-12-15-26-16-17-8-4-5-9-18(17)25-2/h4-5,7-9,11,14H,3,6,10,12-13,15-16H2,1-2H3,(H2,20,21,22). The molecule has 0 atom stereocenters. The Morgan fingerprint density at radius 2 is 2.12 bits per heavy atom. The first-order chi connectivity index (χ1) is 12.8. The lowest BCUT2D eigenvalue weighted by Crippen LogP contribution is -2.39. The number of aryl methyl sites for hydroxylation is 1. The van der Waals surface area contributed by atoms with Crippen molar-refractivity contribution in [3.8, 4) is 5.75 Å². The molecule has 2 aromatic rings. The monoisotopic (exact) mass is 359 g/mol. The van der Waals surface area contributed by atoms with E-state index in [1.807, 2.05) is 41.2 Å². The Labute approximate surface area is 155 Å². The second-order valence-electron chi connectivity index (χ2n) is 5.67. The molecule has 0 fully saturated rings. The van der Waals surface area contributed by atoms with Crippen LogP contribution in [0.2, 0.25) is 0 Å². The largest absolute Gasteiger partial charge is 0.496 e. The van der Waals surface area contributed by atoms with Gasteiger partial charge in [0, 0.05) is 44.1 Å². The first kappa shape index (κ1) is 19.8. The third kappa shape index (κ3) is 7.14. The van der Waals surface area contributed by atoms with E-state index in [2.05, 4.69) is 27.6 Å². The molecule has 0 unspecified atom stereocenters. The average Bonchev–Trinajstić information content (AvgIpc) is 3.18. The summed E-state index contributed by atoms with van der Waals surface area (Å²) in [5.41, 5.74) is 1.05. The molecular weight excluding hydrogens is 330 g/mol. The van der Waals surface area contributed by atoms with Gasteiger partial charge >= 0.3 is 0 Å². The smallest absolute Gasteiger partial charge is 0.191 e. The Morgan fingerprint density at radius 3 is 2.88 bits per heavy atom. The Morgan fingerprint density at radius 1 is 1.23 bits per heavy atom. The van der Waals surface area contributed by atoms with Crippen LogP contribution < -0.4 is 15.4 Å². The highest BCUT2D eigenvalue weighted by molar-refractivity contribution is 5.79. The van der Waals surface area contributed by atoms with Crippen molar-refractivity contribution in [1.29, 1.82) is 0 Å². The van der Waals surface area contributed by atoms with Crippen molar-refractivity contribution in [2.75, 3.05) is 33.4 Å². The van der Waals surface area contributed by atoms with Crippen LogP contribution in [0.3, 0.4) is 0 Å². The van der Waals surface area contributed by atoms with E-state index < -0.39 is 0 Å². The van der Waals surface area contributed by atoms with E-state index in [0.29, 0.717) is 19.8 Å². The van der Waals surface area contributed by atoms with Crippen LogP contribution >= 0.6 is 0 Å². The minimum absolute atomic E-state index is 0.531. The molecule has 0 saturated heterocycles. The molecule has 7 nitrogen and oxygen atoms in total. The number of benzene rings is 1. The minimum atomic E-state index is 0.531. The number of guanidine groups is 1. The van der Waals surface area contributed by atoms with Gasteiger partial charge in [-0.3, -0.25) is 9.67 Å². The zero-order valence-corrected chi connectivity index (χ0v) is 15.6. The van der Waals surface area contributed by atoms with Gasteiger partial charge in [0.15, 0.2) is 5.96 Å². The van der Waals surface area contributed by atoms with Gasteiger partial charge in [0.25, 0.3) is 0 Å². The van der Waals surface area contributed by atoms with E-state index in [4.69, 9.17) is 9.47 Å². The molecule has 1 heterocycles. The number of rotatable bonds is 11. The molecule has 1 aromatic carbocycles. The molecule has 0 spiro atoms. The maximum Gasteiger partial charge on any atom is 0.191 e. The first-order valence-electron chi connectivity index (χ1n) is 9.02. The second-order valence-corrected chi connectivity index (χ2v) is 5.67. The van der Waals surface area contributed by atoms with Crippen LogP contribution in [-0.4, -0.2) is 49.1 Å². The lowest BCUT2D eigenvalue weighted by molar-refractivity contribution is 0.123. The van der Waals surface area contributed by atoms with E-state index >= 15 is 0 Å². The Balaban J connectivity index is 1.64. The minimum Gasteiger partial charge on any atom is -0.496 e. The normalized spacial score (nSPS) is 11.4. The van der Waals surface area contributed by atoms with Gasteiger partial charge in [-0.1, -0.05) is 18.2 Å². The zero-order valence-electron chi connectivity index (χ0n) is 15.6. The Kier molecular flexibility index (Phi) is 9.07. The number of nitrogens with zero attached hydrogens (tertiary/aromatic N) is 3. The van der Waals surface area contributed by atoms with Crippen LogP contribution in [0.5, 0.6) is 5.75 Å². The maximum atomic E-state index is 5.73. The fourth-order valence-electron chi connectivity index (χ4n) is 2.44. The number of nitrogens with one attached hydrogen (secondary N) is 2. The number of aromatic nitrogens is 2. The fourth-order valence-corrected chi connectivity index (χ4v) is 2.44. The molecule has 0 aliphatic rings. The highest BCUT2D eigenvalue weighted by Crippen LogP contribution is 2.17. The summed E-state index contributed by atoms with van der Waals surface area (Å²) in [6.07, 6.45) is 4.70. The van der Waals surface area contributed by atoms with E-state index in [1.165, 1.54) is 0 Å². The molecule has 2 rings (SSSR count). The van der Waals surface area contributed by atoms with Crippen LogP contribution in [0.4, 0.5) is 0 Å². The van der Waals surface area contributed by atoms with Crippen LogP contribution in [0.1, 0.15) is 18.9 Å². The highest BCUT2D eigenvalue weighted by Gasteiger charge is 2.02. The second kappa shape index (κ2) is 11.9. The van der Waals surface area contributed by atoms with Crippen molar-refractivity contribution in [2.24, 2.45) is 4.99 Å². The molecule has 0 amide bonds. The number of ether oxygens (including phenoxy) is 2. The van der Waals surface area contributed by atoms with Gasteiger partial charge in [0.1, 0.15) is 5.75 Å². The summed E-state index contributed by atoms with van der Waals surface area (Å²) in [6, 6.07) is 9.82. The number of hydrogen-bond acceptors (Lipinski definition) is 4.